The Morgan fingerprint density at radius 2 is 1.94 bits per heavy atom. The van der Waals surface area contributed by atoms with E-state index >= 15 is 0 Å². The fourth-order valence-electron chi connectivity index (χ4n) is 1.32. The maximum atomic E-state index is 13.3. The van der Waals surface area contributed by atoms with Crippen molar-refractivity contribution in [1.82, 2.24) is 5.32 Å². The molecule has 3 nitrogen and oxygen atoms in total. The molecule has 0 aliphatic carbocycles. The largest absolute Gasteiger partial charge is 0.314 e. The van der Waals surface area contributed by atoms with Crippen LogP contribution in [0.15, 0.2) is 23.1 Å². The first-order valence-corrected chi connectivity index (χ1v) is 6.89. The summed E-state index contributed by atoms with van der Waals surface area (Å²) in [7, 11) is -3.71. The average molecular weight is 263 g/mol. The predicted octanol–water partition coefficient (Wildman–Crippen LogP) is 1.74. The van der Waals surface area contributed by atoms with E-state index in [9.17, 15) is 17.2 Å². The predicted molar refractivity (Wildman–Crippen MR) is 61.5 cm³/mol. The highest BCUT2D eigenvalue weighted by Gasteiger charge is 2.19. The minimum atomic E-state index is -3.71. The standard InChI is InChI=1S/C11H15F2NO2S/c1-8(2)14-5-6-17(15,16)11-4-3-9(12)7-10(11)13/h3-4,7-8,14H,5-6H2,1-2H3. The van der Waals surface area contributed by atoms with Crippen LogP contribution in [0.5, 0.6) is 0 Å². The normalized spacial score (nSPS) is 12.1. The maximum absolute atomic E-state index is 13.3. The SMILES string of the molecule is CC(C)NCCS(=O)(=O)c1ccc(F)cc1F. The van der Waals surface area contributed by atoms with Crippen molar-refractivity contribution in [2.24, 2.45) is 0 Å². The smallest absolute Gasteiger partial charge is 0.182 e. The molecule has 0 amide bonds. The van der Waals surface area contributed by atoms with E-state index in [0.717, 1.165) is 12.1 Å². The molecule has 1 aromatic carbocycles. The molecule has 0 aliphatic rings. The summed E-state index contributed by atoms with van der Waals surface area (Å²) in [6, 6.07) is 2.62. The van der Waals surface area contributed by atoms with Gasteiger partial charge in [0.05, 0.1) is 5.75 Å². The van der Waals surface area contributed by atoms with Crippen LogP contribution in [0.25, 0.3) is 0 Å². The molecule has 6 heteroatoms. The summed E-state index contributed by atoms with van der Waals surface area (Å²) in [5.74, 6) is -2.05. The van der Waals surface area contributed by atoms with Gasteiger partial charge in [-0.3, -0.25) is 0 Å². The molecule has 0 radical (unpaired) electrons. The Bertz CT molecular complexity index is 486. The molecule has 0 spiro atoms. The summed E-state index contributed by atoms with van der Waals surface area (Å²) in [6.07, 6.45) is 0. The lowest BCUT2D eigenvalue weighted by molar-refractivity contribution is 0.545. The van der Waals surface area contributed by atoms with Gasteiger partial charge in [0.15, 0.2) is 9.84 Å². The third-order valence-corrected chi connectivity index (χ3v) is 3.90. The molecule has 0 bridgehead atoms. The van der Waals surface area contributed by atoms with Gasteiger partial charge in [0.1, 0.15) is 16.5 Å². The lowest BCUT2D eigenvalue weighted by Crippen LogP contribution is -2.29. The maximum Gasteiger partial charge on any atom is 0.182 e. The van der Waals surface area contributed by atoms with Crippen LogP contribution in [0.1, 0.15) is 13.8 Å². The molecule has 1 N–H and O–H groups in total. The molecule has 0 unspecified atom stereocenters. The zero-order valence-corrected chi connectivity index (χ0v) is 10.5. The van der Waals surface area contributed by atoms with Crippen LogP contribution >= 0.6 is 0 Å². The number of rotatable bonds is 5. The van der Waals surface area contributed by atoms with E-state index in [-0.39, 0.29) is 18.3 Å². The van der Waals surface area contributed by atoms with Crippen molar-refractivity contribution in [2.75, 3.05) is 12.3 Å². The lowest BCUT2D eigenvalue weighted by Gasteiger charge is -2.09. The fourth-order valence-corrected chi connectivity index (χ4v) is 2.56. The quantitative estimate of drug-likeness (QED) is 0.823. The van der Waals surface area contributed by atoms with Gasteiger partial charge in [-0.15, -0.1) is 0 Å². The van der Waals surface area contributed by atoms with Gasteiger partial charge in [-0.05, 0) is 12.1 Å². The zero-order chi connectivity index (χ0) is 13.1. The van der Waals surface area contributed by atoms with Gasteiger partial charge in [0.25, 0.3) is 0 Å². The minimum Gasteiger partial charge on any atom is -0.314 e. The second-order valence-corrected chi connectivity index (χ2v) is 6.08. The second kappa shape index (κ2) is 5.55. The Kier molecular flexibility index (Phi) is 4.59. The minimum absolute atomic E-state index is 0.156. The number of halogens is 2. The molecule has 1 rings (SSSR count). The van der Waals surface area contributed by atoms with Crippen molar-refractivity contribution in [2.45, 2.75) is 24.8 Å². The van der Waals surface area contributed by atoms with Crippen LogP contribution < -0.4 is 5.32 Å². The van der Waals surface area contributed by atoms with Crippen molar-refractivity contribution < 1.29 is 17.2 Å². The Morgan fingerprint density at radius 1 is 1.29 bits per heavy atom. The van der Waals surface area contributed by atoms with Gasteiger partial charge < -0.3 is 5.32 Å². The molecule has 0 aliphatic heterocycles. The lowest BCUT2D eigenvalue weighted by atomic mass is 10.3. The molecule has 0 atom stereocenters. The number of hydrogen-bond donors (Lipinski definition) is 1. The Hall–Kier alpha value is -1.01. The van der Waals surface area contributed by atoms with E-state index in [0.29, 0.717) is 6.07 Å². The molecular weight excluding hydrogens is 248 g/mol. The van der Waals surface area contributed by atoms with Gasteiger partial charge in [-0.2, -0.15) is 0 Å². The molecule has 0 aromatic heterocycles. The van der Waals surface area contributed by atoms with Crippen molar-refractivity contribution in [3.05, 3.63) is 29.8 Å². The summed E-state index contributed by atoms with van der Waals surface area (Å²) >= 11 is 0. The number of nitrogens with one attached hydrogen (secondary N) is 1. The van der Waals surface area contributed by atoms with Crippen molar-refractivity contribution >= 4 is 9.84 Å². The summed E-state index contributed by atoms with van der Waals surface area (Å²) in [4.78, 5) is -0.454. The van der Waals surface area contributed by atoms with E-state index in [1.165, 1.54) is 0 Å². The highest BCUT2D eigenvalue weighted by atomic mass is 32.2. The fraction of sp³-hybridized carbons (Fsp3) is 0.455. The number of sulfone groups is 1. The summed E-state index contributed by atoms with van der Waals surface area (Å²) in [5, 5.41) is 2.93. The first kappa shape index (κ1) is 14.1. The molecule has 1 aromatic rings. The van der Waals surface area contributed by atoms with Crippen LogP contribution in [-0.2, 0) is 9.84 Å². The summed E-state index contributed by atoms with van der Waals surface area (Å²) in [6.45, 7) is 3.99. The van der Waals surface area contributed by atoms with Crippen molar-refractivity contribution in [3.63, 3.8) is 0 Å². The Balaban J connectivity index is 2.83. The van der Waals surface area contributed by atoms with E-state index < -0.39 is 26.4 Å². The van der Waals surface area contributed by atoms with Gasteiger partial charge in [-0.25, -0.2) is 17.2 Å². The number of hydrogen-bond acceptors (Lipinski definition) is 3. The van der Waals surface area contributed by atoms with Crippen LogP contribution in [-0.4, -0.2) is 26.8 Å². The third kappa shape index (κ3) is 4.05. The molecule has 96 valence electrons. The summed E-state index contributed by atoms with van der Waals surface area (Å²) < 4.78 is 49.4. The molecular formula is C11H15F2NO2S. The first-order chi connectivity index (χ1) is 7.83. The van der Waals surface area contributed by atoms with Gasteiger partial charge >= 0.3 is 0 Å². The van der Waals surface area contributed by atoms with Crippen LogP contribution in [0.2, 0.25) is 0 Å². The first-order valence-electron chi connectivity index (χ1n) is 5.24. The monoisotopic (exact) mass is 263 g/mol. The summed E-state index contributed by atoms with van der Waals surface area (Å²) in [5.41, 5.74) is 0. The number of benzene rings is 1. The highest BCUT2D eigenvalue weighted by molar-refractivity contribution is 7.91. The molecule has 0 fully saturated rings. The van der Waals surface area contributed by atoms with E-state index in [2.05, 4.69) is 5.32 Å². The van der Waals surface area contributed by atoms with Gasteiger partial charge in [0, 0.05) is 18.7 Å². The Labute approximate surface area is 99.8 Å². The van der Waals surface area contributed by atoms with Gasteiger partial charge in [-0.1, -0.05) is 13.8 Å². The van der Waals surface area contributed by atoms with Crippen LogP contribution in [0.4, 0.5) is 8.78 Å². The average Bonchev–Trinajstić information content (AvgIpc) is 2.15. The molecule has 0 saturated heterocycles. The van der Waals surface area contributed by atoms with Crippen molar-refractivity contribution in [3.8, 4) is 0 Å². The van der Waals surface area contributed by atoms with Gasteiger partial charge in [0.2, 0.25) is 0 Å². The third-order valence-electron chi connectivity index (χ3n) is 2.15. The van der Waals surface area contributed by atoms with E-state index in [1.807, 2.05) is 13.8 Å². The topological polar surface area (TPSA) is 46.2 Å². The van der Waals surface area contributed by atoms with Crippen molar-refractivity contribution in [1.29, 1.82) is 0 Å². The Morgan fingerprint density at radius 3 is 2.47 bits per heavy atom. The second-order valence-electron chi connectivity index (χ2n) is 4.00. The van der Waals surface area contributed by atoms with E-state index in [4.69, 9.17) is 0 Å². The van der Waals surface area contributed by atoms with E-state index in [1.54, 1.807) is 0 Å². The zero-order valence-electron chi connectivity index (χ0n) is 9.70. The van der Waals surface area contributed by atoms with Crippen LogP contribution in [0.3, 0.4) is 0 Å². The van der Waals surface area contributed by atoms with Crippen LogP contribution in [0, 0.1) is 11.6 Å². The highest BCUT2D eigenvalue weighted by Crippen LogP contribution is 2.16. The molecule has 17 heavy (non-hydrogen) atoms. The molecule has 0 heterocycles. The molecule has 0 saturated carbocycles.